The van der Waals surface area contributed by atoms with Crippen LogP contribution in [0, 0.1) is 5.82 Å². The number of piperazine rings is 1. The van der Waals surface area contributed by atoms with E-state index in [2.05, 4.69) is 16.7 Å². The number of hydrogen-bond donors (Lipinski definition) is 0. The third-order valence-corrected chi connectivity index (χ3v) is 4.39. The van der Waals surface area contributed by atoms with Gasteiger partial charge in [-0.25, -0.2) is 4.39 Å². The largest absolute Gasteiger partial charge is 0.494 e. The predicted molar refractivity (Wildman–Crippen MR) is 74.4 cm³/mol. The van der Waals surface area contributed by atoms with Gasteiger partial charge in [0.25, 0.3) is 0 Å². The SMILES string of the molecule is COc1cc(F)ccc1N1CC2CCCN2CC1C. The summed E-state index contributed by atoms with van der Waals surface area (Å²) >= 11 is 0. The van der Waals surface area contributed by atoms with Crippen LogP contribution >= 0.6 is 0 Å². The Labute approximate surface area is 114 Å². The van der Waals surface area contributed by atoms with Crippen LogP contribution < -0.4 is 9.64 Å². The lowest BCUT2D eigenvalue weighted by molar-refractivity contribution is 0.202. The summed E-state index contributed by atoms with van der Waals surface area (Å²) in [4.78, 5) is 4.95. The molecule has 2 aliphatic heterocycles. The minimum atomic E-state index is -0.243. The van der Waals surface area contributed by atoms with Crippen molar-refractivity contribution in [3.8, 4) is 5.75 Å². The second-order valence-electron chi connectivity index (χ2n) is 5.61. The Hall–Kier alpha value is -1.29. The molecule has 0 aliphatic carbocycles. The molecule has 0 radical (unpaired) electrons. The summed E-state index contributed by atoms with van der Waals surface area (Å²) in [6.45, 7) is 5.56. The maximum atomic E-state index is 13.3. The molecule has 2 unspecified atom stereocenters. The van der Waals surface area contributed by atoms with Crippen LogP contribution in [0.2, 0.25) is 0 Å². The molecule has 0 amide bonds. The van der Waals surface area contributed by atoms with Crippen LogP contribution in [0.5, 0.6) is 5.75 Å². The van der Waals surface area contributed by atoms with Crippen LogP contribution in [0.15, 0.2) is 18.2 Å². The van der Waals surface area contributed by atoms with Crippen molar-refractivity contribution in [2.24, 2.45) is 0 Å². The normalized spacial score (nSPS) is 27.4. The molecule has 19 heavy (non-hydrogen) atoms. The topological polar surface area (TPSA) is 15.7 Å². The lowest BCUT2D eigenvalue weighted by Crippen LogP contribution is -2.55. The summed E-state index contributed by atoms with van der Waals surface area (Å²) in [7, 11) is 1.61. The first-order valence-corrected chi connectivity index (χ1v) is 7.03. The highest BCUT2D eigenvalue weighted by molar-refractivity contribution is 5.59. The third kappa shape index (κ3) is 2.29. The summed E-state index contributed by atoms with van der Waals surface area (Å²) in [6.07, 6.45) is 2.57. The van der Waals surface area contributed by atoms with Gasteiger partial charge in [-0.15, -0.1) is 0 Å². The van der Waals surface area contributed by atoms with E-state index in [0.29, 0.717) is 17.8 Å². The Balaban J connectivity index is 1.88. The zero-order chi connectivity index (χ0) is 13.4. The molecule has 1 aromatic rings. The standard InChI is InChI=1S/C15H21FN2O/c1-11-9-17-7-3-4-13(17)10-18(11)14-6-5-12(16)8-15(14)19-2/h5-6,8,11,13H,3-4,7,9-10H2,1-2H3. The third-order valence-electron chi connectivity index (χ3n) is 4.39. The highest BCUT2D eigenvalue weighted by Crippen LogP contribution is 2.34. The molecular weight excluding hydrogens is 243 g/mol. The number of fused-ring (bicyclic) bond motifs is 1. The molecule has 4 heteroatoms. The van der Waals surface area contributed by atoms with Crippen LogP contribution in [-0.2, 0) is 0 Å². The maximum Gasteiger partial charge on any atom is 0.145 e. The summed E-state index contributed by atoms with van der Waals surface area (Å²) in [5, 5.41) is 0. The molecule has 2 heterocycles. The molecule has 2 atom stereocenters. The zero-order valence-corrected chi connectivity index (χ0v) is 11.6. The molecule has 1 aromatic carbocycles. The molecule has 3 nitrogen and oxygen atoms in total. The Morgan fingerprint density at radius 2 is 2.16 bits per heavy atom. The van der Waals surface area contributed by atoms with E-state index in [9.17, 15) is 4.39 Å². The van der Waals surface area contributed by atoms with E-state index in [4.69, 9.17) is 4.74 Å². The summed E-state index contributed by atoms with van der Waals surface area (Å²) < 4.78 is 18.7. The molecule has 2 saturated heterocycles. The van der Waals surface area contributed by atoms with Crippen LogP contribution in [0.4, 0.5) is 10.1 Å². The van der Waals surface area contributed by atoms with Crippen molar-refractivity contribution >= 4 is 5.69 Å². The minimum Gasteiger partial charge on any atom is -0.494 e. The fraction of sp³-hybridized carbons (Fsp3) is 0.600. The molecule has 104 valence electrons. The van der Waals surface area contributed by atoms with Gasteiger partial charge in [0, 0.05) is 31.2 Å². The molecule has 3 rings (SSSR count). The van der Waals surface area contributed by atoms with Gasteiger partial charge in [-0.05, 0) is 38.4 Å². The lowest BCUT2D eigenvalue weighted by atomic mass is 10.1. The number of ether oxygens (including phenoxy) is 1. The second-order valence-corrected chi connectivity index (χ2v) is 5.61. The highest BCUT2D eigenvalue weighted by atomic mass is 19.1. The van der Waals surface area contributed by atoms with Crippen molar-refractivity contribution in [1.29, 1.82) is 0 Å². The Morgan fingerprint density at radius 1 is 1.32 bits per heavy atom. The number of anilines is 1. The van der Waals surface area contributed by atoms with Crippen LogP contribution in [0.25, 0.3) is 0 Å². The molecular formula is C15H21FN2O. The number of hydrogen-bond acceptors (Lipinski definition) is 3. The Bertz CT molecular complexity index is 465. The van der Waals surface area contributed by atoms with Crippen molar-refractivity contribution in [2.45, 2.75) is 31.8 Å². The number of benzene rings is 1. The van der Waals surface area contributed by atoms with E-state index in [1.165, 1.54) is 31.5 Å². The maximum absolute atomic E-state index is 13.3. The van der Waals surface area contributed by atoms with Gasteiger partial charge in [0.2, 0.25) is 0 Å². The van der Waals surface area contributed by atoms with Gasteiger partial charge in [-0.3, -0.25) is 4.90 Å². The van der Waals surface area contributed by atoms with Crippen LogP contribution in [-0.4, -0.2) is 43.7 Å². The van der Waals surface area contributed by atoms with Gasteiger partial charge in [-0.1, -0.05) is 0 Å². The number of rotatable bonds is 2. The van der Waals surface area contributed by atoms with Gasteiger partial charge in [0.1, 0.15) is 11.6 Å². The monoisotopic (exact) mass is 264 g/mol. The minimum absolute atomic E-state index is 0.243. The van der Waals surface area contributed by atoms with Crippen molar-refractivity contribution in [3.05, 3.63) is 24.0 Å². The van der Waals surface area contributed by atoms with Crippen molar-refractivity contribution in [3.63, 3.8) is 0 Å². The Morgan fingerprint density at radius 3 is 2.95 bits per heavy atom. The lowest BCUT2D eigenvalue weighted by Gasteiger charge is -2.44. The zero-order valence-electron chi connectivity index (χ0n) is 11.6. The first-order chi connectivity index (χ1) is 9.19. The van der Waals surface area contributed by atoms with Gasteiger partial charge >= 0.3 is 0 Å². The quantitative estimate of drug-likeness (QED) is 0.816. The van der Waals surface area contributed by atoms with Crippen LogP contribution in [0.1, 0.15) is 19.8 Å². The van der Waals surface area contributed by atoms with E-state index in [-0.39, 0.29) is 5.82 Å². The van der Waals surface area contributed by atoms with Gasteiger partial charge in [0.15, 0.2) is 0 Å². The first kappa shape index (κ1) is 12.7. The predicted octanol–water partition coefficient (Wildman–Crippen LogP) is 2.51. The number of nitrogens with zero attached hydrogens (tertiary/aromatic N) is 2. The Kier molecular flexibility index (Phi) is 3.35. The summed E-state index contributed by atoms with van der Waals surface area (Å²) in [5.41, 5.74) is 1.02. The molecule has 2 aliphatic rings. The molecule has 0 N–H and O–H groups in total. The van der Waals surface area contributed by atoms with Gasteiger partial charge in [-0.2, -0.15) is 0 Å². The highest BCUT2D eigenvalue weighted by Gasteiger charge is 2.35. The van der Waals surface area contributed by atoms with Gasteiger partial charge in [0.05, 0.1) is 12.8 Å². The average Bonchev–Trinajstić information content (AvgIpc) is 2.85. The fourth-order valence-electron chi connectivity index (χ4n) is 3.41. The molecule has 0 aromatic heterocycles. The summed E-state index contributed by atoms with van der Waals surface area (Å²) in [5.74, 6) is 0.394. The molecule has 2 fully saturated rings. The smallest absolute Gasteiger partial charge is 0.145 e. The molecule has 0 bridgehead atoms. The van der Waals surface area contributed by atoms with Gasteiger partial charge < -0.3 is 9.64 Å². The first-order valence-electron chi connectivity index (χ1n) is 7.03. The van der Waals surface area contributed by atoms with E-state index >= 15 is 0 Å². The average molecular weight is 264 g/mol. The summed E-state index contributed by atoms with van der Waals surface area (Å²) in [6, 6.07) is 5.92. The van der Waals surface area contributed by atoms with Crippen LogP contribution in [0.3, 0.4) is 0 Å². The fourth-order valence-corrected chi connectivity index (χ4v) is 3.41. The second kappa shape index (κ2) is 5.00. The van der Waals surface area contributed by atoms with E-state index in [0.717, 1.165) is 18.8 Å². The number of halogens is 1. The molecule has 0 spiro atoms. The number of methoxy groups -OCH3 is 1. The van der Waals surface area contributed by atoms with Crippen molar-refractivity contribution < 1.29 is 9.13 Å². The van der Waals surface area contributed by atoms with E-state index < -0.39 is 0 Å². The van der Waals surface area contributed by atoms with Crippen molar-refractivity contribution in [1.82, 2.24) is 4.90 Å². The van der Waals surface area contributed by atoms with E-state index in [1.54, 1.807) is 7.11 Å². The molecule has 0 saturated carbocycles. The van der Waals surface area contributed by atoms with E-state index in [1.807, 2.05) is 6.07 Å². The van der Waals surface area contributed by atoms with Crippen molar-refractivity contribution in [2.75, 3.05) is 31.6 Å².